The number of hydrogen-bond acceptors (Lipinski definition) is 3. The number of ketones is 1. The first-order valence-electron chi connectivity index (χ1n) is 5.54. The van der Waals surface area contributed by atoms with Crippen LogP contribution >= 0.6 is 0 Å². The highest BCUT2D eigenvalue weighted by Gasteiger charge is 2.36. The van der Waals surface area contributed by atoms with Crippen LogP contribution in [0.25, 0.3) is 0 Å². The number of ether oxygens (including phenoxy) is 1. The molecule has 1 unspecified atom stereocenters. The SMILES string of the molecule is CCC(=O)C(NC(=O)OC(C)C)C1CC1. The number of amides is 1. The van der Waals surface area contributed by atoms with Crippen LogP contribution in [-0.2, 0) is 9.53 Å². The van der Waals surface area contributed by atoms with Crippen molar-refractivity contribution in [2.45, 2.75) is 52.2 Å². The van der Waals surface area contributed by atoms with Gasteiger partial charge in [-0.05, 0) is 32.6 Å². The predicted molar refractivity (Wildman–Crippen MR) is 56.6 cm³/mol. The summed E-state index contributed by atoms with van der Waals surface area (Å²) in [5, 5.41) is 2.65. The first-order valence-corrected chi connectivity index (χ1v) is 5.54. The summed E-state index contributed by atoms with van der Waals surface area (Å²) in [6.07, 6.45) is 1.88. The fraction of sp³-hybridized carbons (Fsp3) is 0.818. The summed E-state index contributed by atoms with van der Waals surface area (Å²) in [6, 6.07) is -0.332. The van der Waals surface area contributed by atoms with Gasteiger partial charge < -0.3 is 10.1 Å². The Bertz CT molecular complexity index is 246. The van der Waals surface area contributed by atoms with Crippen LogP contribution in [0.4, 0.5) is 4.79 Å². The van der Waals surface area contributed by atoms with Crippen molar-refractivity contribution >= 4 is 11.9 Å². The molecule has 0 aliphatic heterocycles. The molecule has 1 fully saturated rings. The molecule has 15 heavy (non-hydrogen) atoms. The van der Waals surface area contributed by atoms with E-state index in [2.05, 4.69) is 5.32 Å². The van der Waals surface area contributed by atoms with Crippen LogP contribution in [0.15, 0.2) is 0 Å². The summed E-state index contributed by atoms with van der Waals surface area (Å²) in [5.74, 6) is 0.426. The molecule has 1 N–H and O–H groups in total. The van der Waals surface area contributed by atoms with Gasteiger partial charge >= 0.3 is 6.09 Å². The zero-order valence-corrected chi connectivity index (χ0v) is 9.58. The molecule has 0 aromatic carbocycles. The summed E-state index contributed by atoms with van der Waals surface area (Å²) < 4.78 is 4.95. The molecule has 1 rings (SSSR count). The van der Waals surface area contributed by atoms with Gasteiger partial charge in [0.1, 0.15) is 0 Å². The van der Waals surface area contributed by atoms with Gasteiger partial charge in [0.25, 0.3) is 0 Å². The van der Waals surface area contributed by atoms with Gasteiger partial charge in [-0.1, -0.05) is 6.92 Å². The normalized spacial score (nSPS) is 17.3. The van der Waals surface area contributed by atoms with E-state index in [1.54, 1.807) is 13.8 Å². The van der Waals surface area contributed by atoms with Gasteiger partial charge in [-0.25, -0.2) is 4.79 Å². The molecule has 0 bridgehead atoms. The Hall–Kier alpha value is -1.06. The van der Waals surface area contributed by atoms with Crippen LogP contribution < -0.4 is 5.32 Å². The number of rotatable bonds is 5. The topological polar surface area (TPSA) is 55.4 Å². The lowest BCUT2D eigenvalue weighted by Gasteiger charge is -2.17. The number of hydrogen-bond donors (Lipinski definition) is 1. The number of nitrogens with one attached hydrogen (secondary N) is 1. The van der Waals surface area contributed by atoms with E-state index in [0.29, 0.717) is 12.3 Å². The summed E-state index contributed by atoms with van der Waals surface area (Å²) in [6.45, 7) is 5.38. The van der Waals surface area contributed by atoms with E-state index in [9.17, 15) is 9.59 Å². The monoisotopic (exact) mass is 213 g/mol. The van der Waals surface area contributed by atoms with E-state index >= 15 is 0 Å². The van der Waals surface area contributed by atoms with Crippen LogP contribution in [0.3, 0.4) is 0 Å². The van der Waals surface area contributed by atoms with Crippen LogP contribution in [-0.4, -0.2) is 24.0 Å². The Morgan fingerprint density at radius 3 is 2.40 bits per heavy atom. The van der Waals surface area contributed by atoms with Crippen molar-refractivity contribution in [3.05, 3.63) is 0 Å². The molecule has 0 heterocycles. The Morgan fingerprint density at radius 1 is 1.40 bits per heavy atom. The molecule has 0 saturated heterocycles. The zero-order valence-electron chi connectivity index (χ0n) is 9.58. The maximum atomic E-state index is 11.5. The Labute approximate surface area is 90.4 Å². The van der Waals surface area contributed by atoms with Crippen molar-refractivity contribution in [1.82, 2.24) is 5.32 Å². The molecule has 4 nitrogen and oxygen atoms in total. The van der Waals surface area contributed by atoms with Crippen molar-refractivity contribution in [2.75, 3.05) is 0 Å². The number of alkyl carbamates (subject to hydrolysis) is 1. The second kappa shape index (κ2) is 5.14. The maximum absolute atomic E-state index is 11.5. The predicted octanol–water partition coefficient (Wildman–Crippen LogP) is 1.88. The lowest BCUT2D eigenvalue weighted by molar-refractivity contribution is -0.121. The van der Waals surface area contributed by atoms with Crippen molar-refractivity contribution in [3.8, 4) is 0 Å². The van der Waals surface area contributed by atoms with Crippen LogP contribution in [0.2, 0.25) is 0 Å². The maximum Gasteiger partial charge on any atom is 0.407 e. The third-order valence-corrected chi connectivity index (χ3v) is 2.40. The van der Waals surface area contributed by atoms with Crippen molar-refractivity contribution < 1.29 is 14.3 Å². The first kappa shape index (κ1) is 12.0. The Kier molecular flexibility index (Phi) is 4.12. The standard InChI is InChI=1S/C11H19NO3/c1-4-9(13)10(8-5-6-8)12-11(14)15-7(2)3/h7-8,10H,4-6H2,1-3H3,(H,12,14). The smallest absolute Gasteiger partial charge is 0.407 e. The molecule has 1 aliphatic carbocycles. The minimum atomic E-state index is -0.483. The number of Topliss-reactive ketones (excluding diaryl/α,β-unsaturated/α-hetero) is 1. The van der Waals surface area contributed by atoms with E-state index in [-0.39, 0.29) is 17.9 Å². The summed E-state index contributed by atoms with van der Waals surface area (Å²) in [4.78, 5) is 22.9. The quantitative estimate of drug-likeness (QED) is 0.758. The Morgan fingerprint density at radius 2 is 2.00 bits per heavy atom. The van der Waals surface area contributed by atoms with Crippen LogP contribution in [0.5, 0.6) is 0 Å². The largest absolute Gasteiger partial charge is 0.447 e. The highest BCUT2D eigenvalue weighted by molar-refractivity contribution is 5.87. The van der Waals surface area contributed by atoms with Gasteiger partial charge in [-0.2, -0.15) is 0 Å². The molecule has 1 atom stereocenters. The zero-order chi connectivity index (χ0) is 11.4. The lowest BCUT2D eigenvalue weighted by atomic mass is 10.1. The molecule has 1 saturated carbocycles. The highest BCUT2D eigenvalue weighted by atomic mass is 16.6. The minimum Gasteiger partial charge on any atom is -0.447 e. The van der Waals surface area contributed by atoms with Crippen molar-refractivity contribution in [3.63, 3.8) is 0 Å². The summed E-state index contributed by atoms with van der Waals surface area (Å²) in [5.41, 5.74) is 0. The van der Waals surface area contributed by atoms with Crippen LogP contribution in [0.1, 0.15) is 40.0 Å². The molecule has 4 heteroatoms. The van der Waals surface area contributed by atoms with Crippen molar-refractivity contribution in [1.29, 1.82) is 0 Å². The van der Waals surface area contributed by atoms with E-state index in [1.165, 1.54) is 0 Å². The van der Waals surface area contributed by atoms with Gasteiger partial charge in [0.15, 0.2) is 5.78 Å². The molecule has 1 amide bonds. The molecular weight excluding hydrogens is 194 g/mol. The highest BCUT2D eigenvalue weighted by Crippen LogP contribution is 2.33. The third-order valence-electron chi connectivity index (χ3n) is 2.40. The van der Waals surface area contributed by atoms with E-state index in [0.717, 1.165) is 12.8 Å². The molecule has 0 spiro atoms. The molecule has 86 valence electrons. The fourth-order valence-corrected chi connectivity index (χ4v) is 1.49. The van der Waals surface area contributed by atoms with Gasteiger partial charge in [0.05, 0.1) is 12.1 Å². The fourth-order valence-electron chi connectivity index (χ4n) is 1.49. The van der Waals surface area contributed by atoms with E-state index < -0.39 is 6.09 Å². The summed E-state index contributed by atoms with van der Waals surface area (Å²) in [7, 11) is 0. The lowest BCUT2D eigenvalue weighted by Crippen LogP contribution is -2.43. The Balaban J connectivity index is 2.44. The van der Waals surface area contributed by atoms with E-state index in [1.807, 2.05) is 6.92 Å². The average molecular weight is 213 g/mol. The molecule has 1 aliphatic rings. The molecular formula is C11H19NO3. The third kappa shape index (κ3) is 3.90. The van der Waals surface area contributed by atoms with Gasteiger partial charge in [0.2, 0.25) is 0 Å². The summed E-state index contributed by atoms with van der Waals surface area (Å²) >= 11 is 0. The number of carbonyl (C=O) groups excluding carboxylic acids is 2. The van der Waals surface area contributed by atoms with Gasteiger partial charge in [-0.15, -0.1) is 0 Å². The molecule has 0 aromatic heterocycles. The van der Waals surface area contributed by atoms with Crippen LogP contribution in [0, 0.1) is 5.92 Å². The molecule has 0 aromatic rings. The van der Waals surface area contributed by atoms with E-state index in [4.69, 9.17) is 4.74 Å². The number of carbonyl (C=O) groups is 2. The molecule has 0 radical (unpaired) electrons. The second-order valence-electron chi connectivity index (χ2n) is 4.23. The van der Waals surface area contributed by atoms with Gasteiger partial charge in [-0.3, -0.25) is 4.79 Å². The first-order chi connectivity index (χ1) is 7.04. The average Bonchev–Trinajstić information content (AvgIpc) is 2.95. The van der Waals surface area contributed by atoms with Gasteiger partial charge in [0, 0.05) is 6.42 Å². The van der Waals surface area contributed by atoms with Crippen molar-refractivity contribution in [2.24, 2.45) is 5.92 Å². The minimum absolute atomic E-state index is 0.0956. The second-order valence-corrected chi connectivity index (χ2v) is 4.23.